The van der Waals surface area contributed by atoms with Gasteiger partial charge in [-0.1, -0.05) is 103 Å². The van der Waals surface area contributed by atoms with Crippen LogP contribution in [0.4, 0.5) is 5.69 Å². The Bertz CT molecular complexity index is 947. The minimum absolute atomic E-state index is 0.0787. The lowest BCUT2D eigenvalue weighted by atomic mass is 9.91. The maximum absolute atomic E-state index is 3.72. The molecule has 0 aliphatic heterocycles. The molecule has 4 aromatic rings. The molecule has 0 heterocycles. The molecule has 0 aromatic heterocycles. The van der Waals surface area contributed by atoms with Crippen LogP contribution in [0.3, 0.4) is 0 Å². The second kappa shape index (κ2) is 7.71. The molecule has 126 valence electrons. The number of para-hydroxylation sites is 1. The lowest BCUT2D eigenvalue weighted by Gasteiger charge is -2.24. The smallest absolute Gasteiger partial charge is 0.0773 e. The third-order valence-electron chi connectivity index (χ3n) is 4.57. The van der Waals surface area contributed by atoms with Gasteiger partial charge in [-0.25, -0.2) is 0 Å². The van der Waals surface area contributed by atoms with E-state index < -0.39 is 0 Å². The summed E-state index contributed by atoms with van der Waals surface area (Å²) >= 11 is 0. The molecule has 0 radical (unpaired) electrons. The van der Waals surface area contributed by atoms with E-state index in [1.54, 1.807) is 0 Å². The molecule has 0 aliphatic carbocycles. The summed E-state index contributed by atoms with van der Waals surface area (Å²) in [6.45, 7) is 0. The highest BCUT2D eigenvalue weighted by Crippen LogP contribution is 2.34. The van der Waals surface area contributed by atoms with E-state index in [1.807, 2.05) is 6.07 Å². The fourth-order valence-electron chi connectivity index (χ4n) is 3.32. The van der Waals surface area contributed by atoms with Gasteiger partial charge in [0.2, 0.25) is 0 Å². The number of nitrogens with one attached hydrogen (secondary N) is 1. The van der Waals surface area contributed by atoms with Crippen molar-refractivity contribution >= 4 is 5.69 Å². The molecular formula is C25H21N. The third-order valence-corrected chi connectivity index (χ3v) is 4.57. The maximum atomic E-state index is 3.72. The average Bonchev–Trinajstić information content (AvgIpc) is 2.74. The first-order valence-electron chi connectivity index (χ1n) is 8.93. The molecular weight excluding hydrogens is 314 g/mol. The molecule has 1 N–H and O–H groups in total. The van der Waals surface area contributed by atoms with Crippen molar-refractivity contribution < 1.29 is 0 Å². The Labute approximate surface area is 155 Å². The van der Waals surface area contributed by atoms with Gasteiger partial charge in [0.1, 0.15) is 0 Å². The van der Waals surface area contributed by atoms with Gasteiger partial charge in [-0.15, -0.1) is 0 Å². The monoisotopic (exact) mass is 335 g/mol. The van der Waals surface area contributed by atoms with E-state index in [2.05, 4.69) is 115 Å². The molecule has 1 atom stereocenters. The fourth-order valence-corrected chi connectivity index (χ4v) is 3.32. The molecule has 0 saturated carbocycles. The highest BCUT2D eigenvalue weighted by Gasteiger charge is 2.17. The van der Waals surface area contributed by atoms with E-state index in [4.69, 9.17) is 0 Å². The number of rotatable bonds is 5. The van der Waals surface area contributed by atoms with E-state index in [1.165, 1.54) is 22.3 Å². The Balaban J connectivity index is 1.82. The van der Waals surface area contributed by atoms with Crippen LogP contribution in [0.1, 0.15) is 17.2 Å². The van der Waals surface area contributed by atoms with E-state index in [0.29, 0.717) is 0 Å². The lowest BCUT2D eigenvalue weighted by Crippen LogP contribution is -2.13. The summed E-state index contributed by atoms with van der Waals surface area (Å²) in [5, 5.41) is 3.72. The van der Waals surface area contributed by atoms with E-state index in [9.17, 15) is 0 Å². The van der Waals surface area contributed by atoms with Gasteiger partial charge in [0, 0.05) is 5.69 Å². The molecule has 0 bridgehead atoms. The Morgan fingerprint density at radius 2 is 1.04 bits per heavy atom. The van der Waals surface area contributed by atoms with E-state index >= 15 is 0 Å². The molecule has 1 heteroatoms. The van der Waals surface area contributed by atoms with Crippen LogP contribution < -0.4 is 5.32 Å². The van der Waals surface area contributed by atoms with Crippen LogP contribution in [0.25, 0.3) is 11.1 Å². The van der Waals surface area contributed by atoms with Crippen LogP contribution in [0.2, 0.25) is 0 Å². The van der Waals surface area contributed by atoms with Gasteiger partial charge >= 0.3 is 0 Å². The highest BCUT2D eigenvalue weighted by molar-refractivity contribution is 5.70. The molecule has 4 rings (SSSR count). The van der Waals surface area contributed by atoms with Gasteiger partial charge in [0.05, 0.1) is 6.04 Å². The zero-order valence-corrected chi connectivity index (χ0v) is 14.5. The molecule has 0 saturated heterocycles. The first-order chi connectivity index (χ1) is 12.9. The largest absolute Gasteiger partial charge is 0.374 e. The number of hydrogen-bond acceptors (Lipinski definition) is 1. The van der Waals surface area contributed by atoms with Crippen LogP contribution in [0, 0.1) is 0 Å². The van der Waals surface area contributed by atoms with Crippen LogP contribution in [0.15, 0.2) is 115 Å². The van der Waals surface area contributed by atoms with Gasteiger partial charge in [0.25, 0.3) is 0 Å². The summed E-state index contributed by atoms with van der Waals surface area (Å²) in [5.41, 5.74) is 6.13. The number of hydrogen-bond donors (Lipinski definition) is 1. The summed E-state index contributed by atoms with van der Waals surface area (Å²) in [7, 11) is 0. The van der Waals surface area contributed by atoms with Gasteiger partial charge in [0.15, 0.2) is 0 Å². The van der Waals surface area contributed by atoms with Crippen molar-refractivity contribution in [2.75, 3.05) is 5.32 Å². The maximum Gasteiger partial charge on any atom is 0.0773 e. The number of anilines is 1. The zero-order valence-electron chi connectivity index (χ0n) is 14.5. The Morgan fingerprint density at radius 1 is 0.500 bits per heavy atom. The van der Waals surface area contributed by atoms with Crippen LogP contribution in [-0.4, -0.2) is 0 Å². The van der Waals surface area contributed by atoms with Crippen LogP contribution in [0.5, 0.6) is 0 Å². The van der Waals surface area contributed by atoms with Crippen molar-refractivity contribution in [3.63, 3.8) is 0 Å². The molecule has 1 nitrogen and oxygen atoms in total. The second-order valence-corrected chi connectivity index (χ2v) is 6.31. The first kappa shape index (κ1) is 16.2. The molecule has 0 aliphatic rings. The average molecular weight is 335 g/mol. The predicted octanol–water partition coefficient (Wildman–Crippen LogP) is 6.56. The lowest BCUT2D eigenvalue weighted by molar-refractivity contribution is 0.942. The van der Waals surface area contributed by atoms with Crippen LogP contribution in [-0.2, 0) is 0 Å². The fraction of sp³-hybridized carbons (Fsp3) is 0.0400. The summed E-state index contributed by atoms with van der Waals surface area (Å²) in [6, 6.07) is 40.3. The van der Waals surface area contributed by atoms with Crippen molar-refractivity contribution in [2.24, 2.45) is 0 Å². The van der Waals surface area contributed by atoms with Gasteiger partial charge in [-0.05, 0) is 34.4 Å². The van der Waals surface area contributed by atoms with Gasteiger partial charge in [-0.3, -0.25) is 0 Å². The highest BCUT2D eigenvalue weighted by atomic mass is 14.9. The molecule has 0 amide bonds. The van der Waals surface area contributed by atoms with Crippen LogP contribution >= 0.6 is 0 Å². The van der Waals surface area contributed by atoms with Gasteiger partial charge in [-0.2, -0.15) is 0 Å². The minimum atomic E-state index is 0.0787. The molecule has 0 spiro atoms. The van der Waals surface area contributed by atoms with Crippen molar-refractivity contribution in [3.05, 3.63) is 126 Å². The Hall–Kier alpha value is -3.32. The minimum Gasteiger partial charge on any atom is -0.374 e. The Kier molecular flexibility index (Phi) is 4.79. The summed E-state index contributed by atoms with van der Waals surface area (Å²) < 4.78 is 0. The van der Waals surface area contributed by atoms with Crippen molar-refractivity contribution in [2.45, 2.75) is 6.04 Å². The van der Waals surface area contributed by atoms with Crippen molar-refractivity contribution in [1.29, 1.82) is 0 Å². The predicted molar refractivity (Wildman–Crippen MR) is 110 cm³/mol. The molecule has 4 aromatic carbocycles. The first-order valence-corrected chi connectivity index (χ1v) is 8.93. The SMILES string of the molecule is c1ccc(N[C@H](c2ccccc2)c2ccccc2-c2ccccc2)cc1. The number of benzene rings is 4. The van der Waals surface area contributed by atoms with E-state index in [0.717, 1.165) is 5.69 Å². The normalized spacial score (nSPS) is 11.7. The Morgan fingerprint density at radius 3 is 1.73 bits per heavy atom. The zero-order chi connectivity index (χ0) is 17.6. The second-order valence-electron chi connectivity index (χ2n) is 6.31. The molecule has 0 fully saturated rings. The van der Waals surface area contributed by atoms with E-state index in [-0.39, 0.29) is 6.04 Å². The summed E-state index contributed by atoms with van der Waals surface area (Å²) in [4.78, 5) is 0. The standard InChI is InChI=1S/C25H21N/c1-4-12-20(13-5-1)23-18-10-11-19-24(23)25(21-14-6-2-7-15-21)26-22-16-8-3-9-17-22/h1-19,25-26H/t25-/m1/s1. The van der Waals surface area contributed by atoms with Gasteiger partial charge < -0.3 is 5.32 Å². The summed E-state index contributed by atoms with van der Waals surface area (Å²) in [5.74, 6) is 0. The quantitative estimate of drug-likeness (QED) is 0.436. The topological polar surface area (TPSA) is 12.0 Å². The van der Waals surface area contributed by atoms with Crippen molar-refractivity contribution in [3.8, 4) is 11.1 Å². The molecule has 0 unspecified atom stereocenters. The molecule has 26 heavy (non-hydrogen) atoms. The third kappa shape index (κ3) is 3.52. The van der Waals surface area contributed by atoms with Crippen molar-refractivity contribution in [1.82, 2.24) is 0 Å². The summed E-state index contributed by atoms with van der Waals surface area (Å²) in [6.07, 6.45) is 0.